The third kappa shape index (κ3) is 5.80. The molecule has 3 rings (SSSR count). The summed E-state index contributed by atoms with van der Waals surface area (Å²) in [4.78, 5) is 25.3. The van der Waals surface area contributed by atoms with Crippen molar-refractivity contribution in [2.24, 2.45) is 10.7 Å². The van der Waals surface area contributed by atoms with Crippen molar-refractivity contribution in [2.75, 3.05) is 50.0 Å². The van der Waals surface area contributed by atoms with Crippen molar-refractivity contribution in [2.45, 2.75) is 6.42 Å². The monoisotopic (exact) mass is 371 g/mol. The Morgan fingerprint density at radius 1 is 1.26 bits per heavy atom. The number of nitrogens with zero attached hydrogens (tertiary/aromatic N) is 3. The number of nitrogens with two attached hydrogens (primary N) is 1. The lowest BCUT2D eigenvalue weighted by Crippen LogP contribution is -2.37. The van der Waals surface area contributed by atoms with Crippen LogP contribution in [0.1, 0.15) is 16.9 Å². The Labute approximate surface area is 158 Å². The highest BCUT2D eigenvalue weighted by atomic mass is 16.5. The molecule has 1 amide bonds. The van der Waals surface area contributed by atoms with Crippen LogP contribution < -0.4 is 16.4 Å². The number of aromatic nitrogens is 2. The van der Waals surface area contributed by atoms with E-state index >= 15 is 0 Å². The number of guanidine groups is 1. The van der Waals surface area contributed by atoms with Crippen LogP contribution in [0.5, 0.6) is 0 Å². The standard InChI is InChI=1S/C18H25N7O2/c19-16(26)15-17(22-13-21-15)24-18(23-14-5-2-1-3-6-14)20-7-4-8-25-9-11-27-12-10-25/h1-3,5-6,13H,4,7-12H2,(H2,19,26)(H,21,22)(H2,20,23,24). The number of benzene rings is 1. The first kappa shape index (κ1) is 18.9. The minimum atomic E-state index is -0.582. The molecule has 1 aromatic heterocycles. The second-order valence-corrected chi connectivity index (χ2v) is 6.14. The highest BCUT2D eigenvalue weighted by molar-refractivity contribution is 6.06. The molecule has 0 spiro atoms. The van der Waals surface area contributed by atoms with Crippen LogP contribution in [0.15, 0.2) is 41.7 Å². The zero-order valence-electron chi connectivity index (χ0n) is 15.1. The van der Waals surface area contributed by atoms with Crippen molar-refractivity contribution in [1.29, 1.82) is 0 Å². The van der Waals surface area contributed by atoms with Crippen LogP contribution in [0, 0.1) is 0 Å². The van der Waals surface area contributed by atoms with Crippen molar-refractivity contribution >= 4 is 23.4 Å². The molecule has 1 aliphatic rings. The highest BCUT2D eigenvalue weighted by Gasteiger charge is 2.13. The Bertz CT molecular complexity index is 754. The molecule has 0 radical (unpaired) electrons. The topological polar surface area (TPSA) is 121 Å². The van der Waals surface area contributed by atoms with E-state index < -0.39 is 5.91 Å². The van der Waals surface area contributed by atoms with Gasteiger partial charge in [0.1, 0.15) is 5.69 Å². The van der Waals surface area contributed by atoms with Gasteiger partial charge in [-0.15, -0.1) is 0 Å². The normalized spacial score (nSPS) is 15.5. The molecule has 1 saturated heterocycles. The number of imidazole rings is 1. The minimum absolute atomic E-state index is 0.214. The molecule has 9 heteroatoms. The number of carbonyl (C=O) groups is 1. The molecule has 2 heterocycles. The van der Waals surface area contributed by atoms with Gasteiger partial charge in [-0.05, 0) is 18.6 Å². The first-order valence-electron chi connectivity index (χ1n) is 8.99. The SMILES string of the molecule is NC(=O)c1[nH]cnc1NC(=NCCCN1CCOCC1)Nc1ccccc1. The molecule has 144 valence electrons. The second-order valence-electron chi connectivity index (χ2n) is 6.14. The summed E-state index contributed by atoms with van der Waals surface area (Å²) in [7, 11) is 0. The van der Waals surface area contributed by atoms with E-state index in [0.29, 0.717) is 18.3 Å². The van der Waals surface area contributed by atoms with E-state index in [1.807, 2.05) is 30.3 Å². The lowest BCUT2D eigenvalue weighted by molar-refractivity contribution is 0.0377. The van der Waals surface area contributed by atoms with Crippen molar-refractivity contribution in [3.8, 4) is 0 Å². The lowest BCUT2D eigenvalue weighted by Gasteiger charge is -2.26. The summed E-state index contributed by atoms with van der Waals surface area (Å²) in [5.41, 5.74) is 6.46. The molecular weight excluding hydrogens is 346 g/mol. The van der Waals surface area contributed by atoms with Crippen molar-refractivity contribution < 1.29 is 9.53 Å². The first-order valence-corrected chi connectivity index (χ1v) is 8.99. The molecule has 1 fully saturated rings. The van der Waals surface area contributed by atoms with Gasteiger partial charge in [-0.1, -0.05) is 18.2 Å². The number of para-hydroxylation sites is 1. The molecule has 1 aromatic carbocycles. The van der Waals surface area contributed by atoms with E-state index in [4.69, 9.17) is 10.5 Å². The number of aliphatic imine (C=N–C) groups is 1. The molecule has 0 aliphatic carbocycles. The van der Waals surface area contributed by atoms with E-state index in [0.717, 1.165) is 45.0 Å². The van der Waals surface area contributed by atoms with Gasteiger partial charge >= 0.3 is 0 Å². The molecule has 27 heavy (non-hydrogen) atoms. The fourth-order valence-electron chi connectivity index (χ4n) is 2.77. The molecule has 0 unspecified atom stereocenters. The molecule has 0 saturated carbocycles. The zero-order valence-corrected chi connectivity index (χ0v) is 15.1. The van der Waals surface area contributed by atoms with Gasteiger partial charge in [0.05, 0.1) is 19.5 Å². The van der Waals surface area contributed by atoms with Crippen LogP contribution in [0.25, 0.3) is 0 Å². The van der Waals surface area contributed by atoms with E-state index in [-0.39, 0.29) is 5.69 Å². The number of rotatable bonds is 7. The van der Waals surface area contributed by atoms with E-state index in [1.165, 1.54) is 6.33 Å². The quantitative estimate of drug-likeness (QED) is 0.329. The average molecular weight is 371 g/mol. The van der Waals surface area contributed by atoms with Crippen LogP contribution in [-0.4, -0.2) is 66.1 Å². The number of H-pyrrole nitrogens is 1. The number of amides is 1. The van der Waals surface area contributed by atoms with Gasteiger partial charge in [0, 0.05) is 31.9 Å². The largest absolute Gasteiger partial charge is 0.379 e. The lowest BCUT2D eigenvalue weighted by atomic mass is 10.3. The van der Waals surface area contributed by atoms with Crippen LogP contribution in [0.3, 0.4) is 0 Å². The molecule has 0 bridgehead atoms. The van der Waals surface area contributed by atoms with Gasteiger partial charge in [0.2, 0.25) is 5.96 Å². The van der Waals surface area contributed by atoms with Crippen LogP contribution in [0.4, 0.5) is 11.5 Å². The van der Waals surface area contributed by atoms with Crippen LogP contribution in [-0.2, 0) is 4.74 Å². The molecule has 0 atom stereocenters. The van der Waals surface area contributed by atoms with Gasteiger partial charge < -0.3 is 26.1 Å². The fourth-order valence-corrected chi connectivity index (χ4v) is 2.77. The summed E-state index contributed by atoms with van der Waals surface area (Å²) in [6.07, 6.45) is 2.34. The highest BCUT2D eigenvalue weighted by Crippen LogP contribution is 2.11. The maximum Gasteiger partial charge on any atom is 0.269 e. The Kier molecular flexibility index (Phi) is 6.78. The first-order chi connectivity index (χ1) is 13.2. The van der Waals surface area contributed by atoms with Gasteiger partial charge in [-0.2, -0.15) is 0 Å². The molecule has 2 aromatic rings. The van der Waals surface area contributed by atoms with Gasteiger partial charge in [-0.3, -0.25) is 14.7 Å². The minimum Gasteiger partial charge on any atom is -0.379 e. The number of aromatic amines is 1. The van der Waals surface area contributed by atoms with E-state index in [1.54, 1.807) is 0 Å². The number of hydrogen-bond donors (Lipinski definition) is 4. The summed E-state index contributed by atoms with van der Waals surface area (Å²) in [6.45, 7) is 5.12. The maximum absolute atomic E-state index is 11.5. The number of anilines is 2. The third-order valence-electron chi connectivity index (χ3n) is 4.17. The summed E-state index contributed by atoms with van der Waals surface area (Å²) in [5, 5.41) is 6.28. The molecular formula is C18H25N7O2. The maximum atomic E-state index is 11.5. The van der Waals surface area contributed by atoms with Gasteiger partial charge in [-0.25, -0.2) is 4.98 Å². The second kappa shape index (κ2) is 9.70. The predicted molar refractivity (Wildman–Crippen MR) is 105 cm³/mol. The van der Waals surface area contributed by atoms with Crippen LogP contribution in [0.2, 0.25) is 0 Å². The Hall–Kier alpha value is -2.91. The number of nitrogens with one attached hydrogen (secondary N) is 3. The third-order valence-corrected chi connectivity index (χ3v) is 4.17. The number of ether oxygens (including phenoxy) is 1. The predicted octanol–water partition coefficient (Wildman–Crippen LogP) is 1.11. The smallest absolute Gasteiger partial charge is 0.269 e. The number of primary amides is 1. The Balaban J connectivity index is 1.63. The summed E-state index contributed by atoms with van der Waals surface area (Å²) >= 11 is 0. The van der Waals surface area contributed by atoms with E-state index in [9.17, 15) is 4.79 Å². The van der Waals surface area contributed by atoms with Crippen molar-refractivity contribution in [1.82, 2.24) is 14.9 Å². The van der Waals surface area contributed by atoms with Gasteiger partial charge in [0.25, 0.3) is 5.91 Å². The molecule has 1 aliphatic heterocycles. The Morgan fingerprint density at radius 2 is 2.04 bits per heavy atom. The van der Waals surface area contributed by atoms with Crippen molar-refractivity contribution in [3.63, 3.8) is 0 Å². The Morgan fingerprint density at radius 3 is 2.78 bits per heavy atom. The van der Waals surface area contributed by atoms with Gasteiger partial charge in [0.15, 0.2) is 5.82 Å². The average Bonchev–Trinajstić information content (AvgIpc) is 3.15. The molecule has 9 nitrogen and oxygen atoms in total. The molecule has 5 N–H and O–H groups in total. The van der Waals surface area contributed by atoms with Crippen molar-refractivity contribution in [3.05, 3.63) is 42.4 Å². The van der Waals surface area contributed by atoms with Crippen LogP contribution >= 0.6 is 0 Å². The summed E-state index contributed by atoms with van der Waals surface area (Å²) in [5.74, 6) is 0.275. The fraction of sp³-hybridized carbons (Fsp3) is 0.389. The summed E-state index contributed by atoms with van der Waals surface area (Å²) in [6, 6.07) is 9.68. The zero-order chi connectivity index (χ0) is 18.9. The van der Waals surface area contributed by atoms with E-state index in [2.05, 4.69) is 30.5 Å². The number of morpholine rings is 1. The summed E-state index contributed by atoms with van der Waals surface area (Å²) < 4.78 is 5.36. The number of hydrogen-bond acceptors (Lipinski definition) is 5. The number of carbonyl (C=O) groups excluding carboxylic acids is 1.